The number of hydrogen-bond donors (Lipinski definition) is 0. The summed E-state index contributed by atoms with van der Waals surface area (Å²) in [6, 6.07) is 8.45. The van der Waals surface area contributed by atoms with Crippen molar-refractivity contribution in [1.29, 1.82) is 0 Å². The highest BCUT2D eigenvalue weighted by molar-refractivity contribution is 9.11. The van der Waals surface area contributed by atoms with Crippen LogP contribution in [-0.2, 0) is 19.4 Å². The lowest BCUT2D eigenvalue weighted by molar-refractivity contribution is -0.158. The van der Waals surface area contributed by atoms with Gasteiger partial charge >= 0.3 is 0 Å². The summed E-state index contributed by atoms with van der Waals surface area (Å²) in [4.78, 5) is 26.1. The maximum Gasteiger partial charge on any atom is 0.260 e. The highest BCUT2D eigenvalue weighted by Gasteiger charge is 2.62. The number of allylic oxidation sites excluding steroid dienone is 1. The Morgan fingerprint density at radius 1 is 1.26 bits per heavy atom. The maximum absolute atomic E-state index is 12.8. The van der Waals surface area contributed by atoms with E-state index in [0.29, 0.717) is 11.1 Å². The average molecular weight is 400 g/mol. The molecule has 3 rings (SSSR count). The first-order valence-corrected chi connectivity index (χ1v) is 9.38. The number of amides is 1. The molecule has 1 aromatic carbocycles. The van der Waals surface area contributed by atoms with E-state index in [2.05, 4.69) is 15.9 Å². The molecule has 122 valence electrons. The summed E-state index contributed by atoms with van der Waals surface area (Å²) in [5, 5.41) is -1.17. The minimum atomic E-state index is -3.71. The molecule has 1 aromatic rings. The number of halogens is 1. The summed E-state index contributed by atoms with van der Waals surface area (Å²) >= 11 is 3.14. The molecule has 0 unspecified atom stereocenters. The predicted molar refractivity (Wildman–Crippen MR) is 86.5 cm³/mol. The van der Waals surface area contributed by atoms with E-state index in [1.807, 2.05) is 0 Å². The van der Waals surface area contributed by atoms with Crippen molar-refractivity contribution in [3.63, 3.8) is 0 Å². The molecular weight excluding hydrogens is 386 g/mol. The second-order valence-electron chi connectivity index (χ2n) is 5.39. The summed E-state index contributed by atoms with van der Waals surface area (Å²) in [6.07, 6.45) is -1.08. The number of nitrogens with zero attached hydrogens (tertiary/aromatic N) is 1. The van der Waals surface area contributed by atoms with Crippen molar-refractivity contribution in [3.05, 3.63) is 47.2 Å². The van der Waals surface area contributed by atoms with Crippen LogP contribution in [0.3, 0.4) is 0 Å². The number of fused-ring (bicyclic) bond motifs is 1. The monoisotopic (exact) mass is 399 g/mol. The molecule has 0 aromatic heterocycles. The van der Waals surface area contributed by atoms with Crippen LogP contribution in [0.25, 0.3) is 0 Å². The highest BCUT2D eigenvalue weighted by atomic mass is 79.9. The lowest BCUT2D eigenvalue weighted by Gasteiger charge is -2.49. The Morgan fingerprint density at radius 2 is 1.87 bits per heavy atom. The predicted octanol–water partition coefficient (Wildman–Crippen LogP) is 1.48. The van der Waals surface area contributed by atoms with Gasteiger partial charge in [-0.25, -0.2) is 8.42 Å². The largest absolute Gasteiger partial charge is 0.368 e. The molecule has 3 atom stereocenters. The van der Waals surface area contributed by atoms with Crippen LogP contribution < -0.4 is 0 Å². The first kappa shape index (κ1) is 16.4. The Bertz CT molecular complexity index is 818. The van der Waals surface area contributed by atoms with Gasteiger partial charge in [-0.2, -0.15) is 0 Å². The van der Waals surface area contributed by atoms with Gasteiger partial charge in [0.15, 0.2) is 21.3 Å². The van der Waals surface area contributed by atoms with Gasteiger partial charge in [-0.3, -0.25) is 14.5 Å². The molecule has 1 amide bonds. The van der Waals surface area contributed by atoms with Gasteiger partial charge in [-0.05, 0) is 12.5 Å². The molecule has 0 bridgehead atoms. The molecule has 1 saturated heterocycles. The number of benzene rings is 1. The van der Waals surface area contributed by atoms with E-state index in [1.54, 1.807) is 30.3 Å². The Morgan fingerprint density at radius 3 is 2.43 bits per heavy atom. The van der Waals surface area contributed by atoms with Gasteiger partial charge in [0.05, 0.1) is 5.70 Å². The van der Waals surface area contributed by atoms with Gasteiger partial charge in [0, 0.05) is 12.7 Å². The van der Waals surface area contributed by atoms with Crippen LogP contribution in [0.4, 0.5) is 0 Å². The minimum Gasteiger partial charge on any atom is -0.368 e. The van der Waals surface area contributed by atoms with Gasteiger partial charge in [-0.15, -0.1) is 0 Å². The number of methoxy groups -OCH3 is 1. The molecule has 1 fully saturated rings. The van der Waals surface area contributed by atoms with Crippen LogP contribution in [0.1, 0.15) is 17.3 Å². The van der Waals surface area contributed by atoms with Crippen LogP contribution in [0, 0.1) is 0 Å². The van der Waals surface area contributed by atoms with Crippen LogP contribution in [0.2, 0.25) is 0 Å². The van der Waals surface area contributed by atoms with E-state index < -0.39 is 31.4 Å². The Hall–Kier alpha value is -1.51. The molecular formula is C15H14BrNO5S. The van der Waals surface area contributed by atoms with Gasteiger partial charge in [0.25, 0.3) is 5.91 Å². The van der Waals surface area contributed by atoms with Gasteiger partial charge < -0.3 is 4.74 Å². The maximum atomic E-state index is 12.8. The summed E-state index contributed by atoms with van der Waals surface area (Å²) in [5.41, 5.74) is 0.808. The van der Waals surface area contributed by atoms with E-state index in [-0.39, 0.29) is 11.5 Å². The van der Waals surface area contributed by atoms with Crippen LogP contribution in [0.5, 0.6) is 0 Å². The molecule has 2 aliphatic heterocycles. The molecule has 6 nitrogen and oxygen atoms in total. The lowest BCUT2D eigenvalue weighted by atomic mass is 9.99. The van der Waals surface area contributed by atoms with E-state index in [1.165, 1.54) is 14.0 Å². The van der Waals surface area contributed by atoms with Crippen molar-refractivity contribution in [1.82, 2.24) is 4.90 Å². The Kier molecular flexibility index (Phi) is 3.94. The fourth-order valence-electron chi connectivity index (χ4n) is 2.89. The summed E-state index contributed by atoms with van der Waals surface area (Å²) in [7, 11) is -2.43. The second-order valence-corrected chi connectivity index (χ2v) is 9.04. The third-order valence-corrected chi connectivity index (χ3v) is 8.39. The van der Waals surface area contributed by atoms with E-state index in [0.717, 1.165) is 4.90 Å². The third-order valence-electron chi connectivity index (χ3n) is 4.08. The van der Waals surface area contributed by atoms with Crippen molar-refractivity contribution in [2.45, 2.75) is 22.6 Å². The third kappa shape index (κ3) is 2.20. The van der Waals surface area contributed by atoms with Crippen molar-refractivity contribution in [2.24, 2.45) is 0 Å². The van der Waals surface area contributed by atoms with Crippen LogP contribution in [-0.4, -0.2) is 47.8 Å². The molecule has 0 aliphatic carbocycles. The molecule has 8 heteroatoms. The standard InChI is InChI=1S/C15H14BrNO5S/c1-8-10(11(18)9-6-4-3-5-7-9)17-14(19)12(22-2)15(17)23(20,21)13(8)16/h3-7,12-13,15H,1-2H3/t12-,13-,15+/m0/s1. The van der Waals surface area contributed by atoms with E-state index >= 15 is 0 Å². The Balaban J connectivity index is 2.14. The Labute approximate surface area is 142 Å². The summed E-state index contributed by atoms with van der Waals surface area (Å²) in [6.45, 7) is 1.54. The van der Waals surface area contributed by atoms with Crippen molar-refractivity contribution in [2.75, 3.05) is 7.11 Å². The number of hydrogen-bond acceptors (Lipinski definition) is 5. The molecule has 23 heavy (non-hydrogen) atoms. The zero-order valence-corrected chi connectivity index (χ0v) is 14.8. The molecule has 2 heterocycles. The first-order valence-electron chi connectivity index (χ1n) is 6.85. The van der Waals surface area contributed by atoms with Gasteiger partial charge in [0.1, 0.15) is 4.16 Å². The number of Topliss-reactive ketones (excluding diaryl/α,β-unsaturated/α-hetero) is 1. The van der Waals surface area contributed by atoms with Gasteiger partial charge in [-0.1, -0.05) is 46.3 Å². The number of carbonyl (C=O) groups excluding carboxylic acids is 2. The zero-order valence-electron chi connectivity index (χ0n) is 12.4. The number of ketones is 1. The van der Waals surface area contributed by atoms with Crippen LogP contribution >= 0.6 is 15.9 Å². The highest BCUT2D eigenvalue weighted by Crippen LogP contribution is 2.43. The number of carbonyl (C=O) groups is 2. The minimum absolute atomic E-state index is 0.108. The number of β-lactam (4-membered cyclic amide) rings is 1. The van der Waals surface area contributed by atoms with E-state index in [9.17, 15) is 18.0 Å². The SMILES string of the molecule is CO[C@H]1C(=O)N2C(C(=O)c3ccccc3)=C(C)[C@@H](Br)S(=O)(=O)[C@H]12. The van der Waals surface area contributed by atoms with Crippen molar-refractivity contribution in [3.8, 4) is 0 Å². The summed E-state index contributed by atoms with van der Waals surface area (Å²) < 4.78 is 29.0. The zero-order chi connectivity index (χ0) is 16.9. The summed E-state index contributed by atoms with van der Waals surface area (Å²) in [5.74, 6) is -0.894. The molecule has 2 aliphatic rings. The van der Waals surface area contributed by atoms with Crippen LogP contribution in [0.15, 0.2) is 41.6 Å². The smallest absolute Gasteiger partial charge is 0.260 e. The number of rotatable bonds is 3. The average Bonchev–Trinajstić information content (AvgIpc) is 2.54. The second kappa shape index (κ2) is 5.54. The lowest BCUT2D eigenvalue weighted by Crippen LogP contribution is -2.71. The number of sulfone groups is 1. The molecule has 0 spiro atoms. The number of alkyl halides is 1. The normalized spacial score (nSPS) is 29.1. The number of ether oxygens (including phenoxy) is 1. The molecule has 0 N–H and O–H groups in total. The first-order chi connectivity index (χ1) is 10.8. The van der Waals surface area contributed by atoms with Crippen molar-refractivity contribution >= 4 is 37.5 Å². The quantitative estimate of drug-likeness (QED) is 0.436. The van der Waals surface area contributed by atoms with Gasteiger partial charge in [0.2, 0.25) is 5.78 Å². The fourth-order valence-corrected chi connectivity index (χ4v) is 5.70. The molecule has 0 radical (unpaired) electrons. The fraction of sp³-hybridized carbons (Fsp3) is 0.333. The van der Waals surface area contributed by atoms with E-state index in [4.69, 9.17) is 4.74 Å². The van der Waals surface area contributed by atoms with Crippen molar-refractivity contribution < 1.29 is 22.7 Å². The molecule has 0 saturated carbocycles. The topological polar surface area (TPSA) is 80.8 Å².